The summed E-state index contributed by atoms with van der Waals surface area (Å²) in [5.41, 5.74) is 3.05. The van der Waals surface area contributed by atoms with E-state index in [4.69, 9.17) is 10.6 Å². The van der Waals surface area contributed by atoms with Crippen LogP contribution in [-0.4, -0.2) is 18.8 Å². The molecule has 0 saturated heterocycles. The molecule has 4 unspecified atom stereocenters. The zero-order valence-corrected chi connectivity index (χ0v) is 14.1. The van der Waals surface area contributed by atoms with Crippen molar-refractivity contribution < 1.29 is 4.74 Å². The van der Waals surface area contributed by atoms with Gasteiger partial charge in [0.15, 0.2) is 0 Å². The first-order valence-electron chi connectivity index (χ1n) is 8.63. The van der Waals surface area contributed by atoms with Gasteiger partial charge in [-0.05, 0) is 31.1 Å². The first-order valence-corrected chi connectivity index (χ1v) is 8.63. The predicted molar refractivity (Wildman–Crippen MR) is 86.4 cm³/mol. The van der Waals surface area contributed by atoms with Gasteiger partial charge in [-0.3, -0.25) is 11.3 Å². The molecule has 0 aromatic carbocycles. The minimum absolute atomic E-state index is 0.0496. The van der Waals surface area contributed by atoms with E-state index in [0.29, 0.717) is 0 Å². The average Bonchev–Trinajstić information content (AvgIpc) is 2.47. The third-order valence-corrected chi connectivity index (χ3v) is 5.35. The molecule has 0 heterocycles. The molecule has 120 valence electrons. The molecular weight excluding hydrogens is 248 g/mol. The summed E-state index contributed by atoms with van der Waals surface area (Å²) in [5, 5.41) is 0. The maximum absolute atomic E-state index is 6.01. The van der Waals surface area contributed by atoms with Gasteiger partial charge in [-0.2, -0.15) is 0 Å². The van der Waals surface area contributed by atoms with Crippen LogP contribution in [0.1, 0.15) is 78.6 Å². The summed E-state index contributed by atoms with van der Waals surface area (Å²) in [6, 6.07) is 0.289. The molecule has 0 aliphatic heterocycles. The van der Waals surface area contributed by atoms with Crippen LogP contribution in [0.3, 0.4) is 0 Å². The van der Waals surface area contributed by atoms with Crippen molar-refractivity contribution in [2.75, 3.05) is 7.11 Å². The molecule has 3 nitrogen and oxygen atoms in total. The molecule has 3 heteroatoms. The molecule has 0 amide bonds. The van der Waals surface area contributed by atoms with Crippen molar-refractivity contribution in [3.05, 3.63) is 0 Å². The molecule has 1 aliphatic carbocycles. The Morgan fingerprint density at radius 2 is 2.15 bits per heavy atom. The summed E-state index contributed by atoms with van der Waals surface area (Å²) in [4.78, 5) is 0. The Kier molecular flexibility index (Phi) is 8.08. The lowest BCUT2D eigenvalue weighted by Crippen LogP contribution is -2.57. The summed E-state index contributed by atoms with van der Waals surface area (Å²) in [5.74, 6) is 7.42. The monoisotopic (exact) mass is 284 g/mol. The lowest BCUT2D eigenvalue weighted by atomic mass is 9.72. The Labute approximate surface area is 126 Å². The minimum atomic E-state index is -0.0496. The minimum Gasteiger partial charge on any atom is -0.377 e. The van der Waals surface area contributed by atoms with Gasteiger partial charge in [0.05, 0.1) is 11.6 Å². The third kappa shape index (κ3) is 4.71. The van der Waals surface area contributed by atoms with E-state index in [9.17, 15) is 0 Å². The topological polar surface area (TPSA) is 47.3 Å². The second-order valence-electron chi connectivity index (χ2n) is 6.84. The van der Waals surface area contributed by atoms with Crippen molar-refractivity contribution in [2.24, 2.45) is 17.7 Å². The van der Waals surface area contributed by atoms with Gasteiger partial charge in [0, 0.05) is 7.11 Å². The quantitative estimate of drug-likeness (QED) is 0.496. The highest BCUT2D eigenvalue weighted by atomic mass is 16.5. The Balaban J connectivity index is 2.70. The number of unbranched alkanes of at least 4 members (excludes halogenated alkanes) is 1. The number of ether oxygens (including phenoxy) is 1. The van der Waals surface area contributed by atoms with Crippen LogP contribution in [0.15, 0.2) is 0 Å². The zero-order valence-electron chi connectivity index (χ0n) is 14.1. The van der Waals surface area contributed by atoms with Gasteiger partial charge in [0.25, 0.3) is 0 Å². The second kappa shape index (κ2) is 9.01. The van der Waals surface area contributed by atoms with Crippen LogP contribution in [-0.2, 0) is 4.74 Å². The molecule has 1 fully saturated rings. The van der Waals surface area contributed by atoms with Crippen molar-refractivity contribution in [1.82, 2.24) is 5.43 Å². The van der Waals surface area contributed by atoms with E-state index in [1.54, 1.807) is 0 Å². The molecule has 0 bridgehead atoms. The summed E-state index contributed by atoms with van der Waals surface area (Å²) in [7, 11) is 1.87. The van der Waals surface area contributed by atoms with E-state index in [2.05, 4.69) is 26.2 Å². The van der Waals surface area contributed by atoms with Crippen LogP contribution < -0.4 is 11.3 Å². The van der Waals surface area contributed by atoms with Crippen molar-refractivity contribution in [1.29, 1.82) is 0 Å². The van der Waals surface area contributed by atoms with Crippen molar-refractivity contribution in [3.63, 3.8) is 0 Å². The van der Waals surface area contributed by atoms with Gasteiger partial charge in [0.2, 0.25) is 0 Å². The average molecular weight is 284 g/mol. The summed E-state index contributed by atoms with van der Waals surface area (Å²) < 4.78 is 6.01. The molecule has 0 aromatic heterocycles. The standard InChI is InChI=1S/C17H36N2O/c1-5-7-10-15(6-2)12-16(19-18)17(20-4)11-8-9-14(3)13-17/h14-16,19H,5-13,18H2,1-4H3. The highest BCUT2D eigenvalue weighted by Gasteiger charge is 2.42. The van der Waals surface area contributed by atoms with Gasteiger partial charge in [-0.15, -0.1) is 0 Å². The SMILES string of the molecule is CCCCC(CC)CC(NN)C1(OC)CCCC(C)C1. The van der Waals surface area contributed by atoms with Crippen LogP contribution in [0.25, 0.3) is 0 Å². The molecular formula is C17H36N2O. The Morgan fingerprint density at radius 1 is 1.40 bits per heavy atom. The van der Waals surface area contributed by atoms with Gasteiger partial charge in [0.1, 0.15) is 0 Å². The molecule has 1 saturated carbocycles. The smallest absolute Gasteiger partial charge is 0.0847 e. The molecule has 0 radical (unpaired) electrons. The fourth-order valence-electron chi connectivity index (χ4n) is 3.94. The molecule has 3 N–H and O–H groups in total. The number of hydrogen-bond donors (Lipinski definition) is 2. The predicted octanol–water partition coefficient (Wildman–Crippen LogP) is 4.02. The van der Waals surface area contributed by atoms with E-state index < -0.39 is 0 Å². The lowest BCUT2D eigenvalue weighted by molar-refractivity contribution is -0.0843. The normalized spacial score (nSPS) is 30.1. The zero-order chi connectivity index (χ0) is 15.0. The van der Waals surface area contributed by atoms with Crippen LogP contribution in [0.5, 0.6) is 0 Å². The number of rotatable bonds is 9. The first kappa shape index (κ1) is 17.9. The van der Waals surface area contributed by atoms with Crippen LogP contribution in [0.4, 0.5) is 0 Å². The lowest BCUT2D eigenvalue weighted by Gasteiger charge is -2.45. The maximum Gasteiger partial charge on any atom is 0.0847 e. The van der Waals surface area contributed by atoms with Crippen molar-refractivity contribution in [3.8, 4) is 0 Å². The molecule has 1 rings (SSSR count). The highest BCUT2D eigenvalue weighted by molar-refractivity contribution is 4.96. The highest BCUT2D eigenvalue weighted by Crippen LogP contribution is 2.39. The second-order valence-corrected chi connectivity index (χ2v) is 6.84. The number of hydrogen-bond acceptors (Lipinski definition) is 3. The van der Waals surface area contributed by atoms with Gasteiger partial charge < -0.3 is 4.74 Å². The van der Waals surface area contributed by atoms with Crippen LogP contribution in [0, 0.1) is 11.8 Å². The van der Waals surface area contributed by atoms with Crippen LogP contribution in [0.2, 0.25) is 0 Å². The van der Waals surface area contributed by atoms with E-state index >= 15 is 0 Å². The first-order chi connectivity index (χ1) is 9.61. The van der Waals surface area contributed by atoms with E-state index in [0.717, 1.165) is 31.1 Å². The Hall–Kier alpha value is -0.120. The molecule has 1 aliphatic rings. The Bertz CT molecular complexity index is 259. The summed E-state index contributed by atoms with van der Waals surface area (Å²) >= 11 is 0. The largest absolute Gasteiger partial charge is 0.377 e. The summed E-state index contributed by atoms with van der Waals surface area (Å²) in [6.07, 6.45) is 11.2. The van der Waals surface area contributed by atoms with Gasteiger partial charge in [-0.25, -0.2) is 0 Å². The number of methoxy groups -OCH3 is 1. The van der Waals surface area contributed by atoms with Gasteiger partial charge in [-0.1, -0.05) is 59.3 Å². The van der Waals surface area contributed by atoms with Crippen LogP contribution >= 0.6 is 0 Å². The molecule has 20 heavy (non-hydrogen) atoms. The fourth-order valence-corrected chi connectivity index (χ4v) is 3.94. The molecule has 0 spiro atoms. The van der Waals surface area contributed by atoms with Crippen molar-refractivity contribution in [2.45, 2.75) is 90.2 Å². The molecule has 0 aromatic rings. The van der Waals surface area contributed by atoms with E-state index in [-0.39, 0.29) is 11.6 Å². The maximum atomic E-state index is 6.01. The number of hydrazine groups is 1. The summed E-state index contributed by atoms with van der Waals surface area (Å²) in [6.45, 7) is 6.91. The van der Waals surface area contributed by atoms with Crippen molar-refractivity contribution >= 4 is 0 Å². The van der Waals surface area contributed by atoms with E-state index in [1.165, 1.54) is 38.5 Å². The molecule has 4 atom stereocenters. The Morgan fingerprint density at radius 3 is 2.65 bits per heavy atom. The third-order valence-electron chi connectivity index (χ3n) is 5.35. The van der Waals surface area contributed by atoms with Gasteiger partial charge >= 0.3 is 0 Å². The number of nitrogens with two attached hydrogens (primary N) is 1. The number of nitrogens with one attached hydrogen (secondary N) is 1. The van der Waals surface area contributed by atoms with E-state index in [1.807, 2.05) is 7.11 Å². The fraction of sp³-hybridized carbons (Fsp3) is 1.00.